The molecule has 0 radical (unpaired) electrons. The molecule has 9 heteroatoms. The third-order valence-corrected chi connectivity index (χ3v) is 8.83. The molecule has 2 aliphatic rings. The van der Waals surface area contributed by atoms with Crippen LogP contribution in [-0.2, 0) is 20.4 Å². The van der Waals surface area contributed by atoms with E-state index in [9.17, 15) is 18.0 Å². The Bertz CT molecular complexity index is 1400. The van der Waals surface area contributed by atoms with Crippen LogP contribution in [0.4, 0.5) is 4.79 Å². The topological polar surface area (TPSA) is 90.0 Å². The molecule has 3 aromatic carbocycles. The minimum atomic E-state index is -3.64. The second-order valence-corrected chi connectivity index (χ2v) is 11.3. The van der Waals surface area contributed by atoms with E-state index in [0.717, 1.165) is 21.9 Å². The van der Waals surface area contributed by atoms with Gasteiger partial charge in [-0.15, -0.1) is 0 Å². The normalized spacial score (nSPS) is 22.1. The minimum Gasteiger partial charge on any atom is -0.319 e. The van der Waals surface area contributed by atoms with Gasteiger partial charge in [-0.05, 0) is 42.3 Å². The van der Waals surface area contributed by atoms with Crippen molar-refractivity contribution in [2.75, 3.05) is 32.8 Å². The van der Waals surface area contributed by atoms with Gasteiger partial charge in [-0.3, -0.25) is 9.69 Å². The van der Waals surface area contributed by atoms with E-state index in [1.807, 2.05) is 66.4 Å². The van der Waals surface area contributed by atoms with Crippen molar-refractivity contribution >= 4 is 32.7 Å². The molecule has 0 unspecified atom stereocenters. The summed E-state index contributed by atoms with van der Waals surface area (Å²) < 4.78 is 27.9. The fourth-order valence-electron chi connectivity index (χ4n) is 4.70. The van der Waals surface area contributed by atoms with E-state index in [1.165, 1.54) is 9.21 Å². The Labute approximate surface area is 205 Å². The molecule has 35 heavy (non-hydrogen) atoms. The van der Waals surface area contributed by atoms with Crippen molar-refractivity contribution in [1.29, 1.82) is 0 Å². The molecule has 0 aliphatic carbocycles. The number of aryl methyl sites for hydroxylation is 1. The van der Waals surface area contributed by atoms with Crippen molar-refractivity contribution in [3.8, 4) is 0 Å². The summed E-state index contributed by atoms with van der Waals surface area (Å²) in [4.78, 5) is 29.3. The van der Waals surface area contributed by atoms with Gasteiger partial charge in [-0.25, -0.2) is 18.1 Å². The lowest BCUT2D eigenvalue weighted by Crippen LogP contribution is -2.52. The Hall–Kier alpha value is -3.27. The second-order valence-electron chi connectivity index (χ2n) is 9.33. The Kier molecular flexibility index (Phi) is 5.86. The molecular formula is C26H28N4O4S. The summed E-state index contributed by atoms with van der Waals surface area (Å²) in [6.45, 7) is 5.22. The highest BCUT2D eigenvalue weighted by Gasteiger charge is 2.49. The number of hydrogen-bond acceptors (Lipinski definition) is 5. The molecule has 5 rings (SSSR count). The van der Waals surface area contributed by atoms with Crippen LogP contribution in [0.25, 0.3) is 10.8 Å². The zero-order chi connectivity index (χ0) is 24.8. The van der Waals surface area contributed by atoms with Crippen LogP contribution in [-0.4, -0.2) is 67.3 Å². The molecule has 8 nitrogen and oxygen atoms in total. The van der Waals surface area contributed by atoms with E-state index < -0.39 is 21.6 Å². The number of rotatable bonds is 5. The highest BCUT2D eigenvalue weighted by molar-refractivity contribution is 7.89. The number of hydrogen-bond donors (Lipinski definition) is 1. The lowest BCUT2D eigenvalue weighted by Gasteiger charge is -2.35. The fourth-order valence-corrected chi connectivity index (χ4v) is 6.15. The number of nitrogens with zero attached hydrogens (tertiary/aromatic N) is 3. The molecule has 0 saturated carbocycles. The van der Waals surface area contributed by atoms with Crippen molar-refractivity contribution in [3.63, 3.8) is 0 Å². The Morgan fingerprint density at radius 2 is 1.54 bits per heavy atom. The number of sulfonamides is 1. The molecule has 3 amide bonds. The Morgan fingerprint density at radius 3 is 2.23 bits per heavy atom. The average Bonchev–Trinajstić information content (AvgIpc) is 3.08. The lowest BCUT2D eigenvalue weighted by atomic mass is 9.91. The summed E-state index contributed by atoms with van der Waals surface area (Å²) >= 11 is 0. The van der Waals surface area contributed by atoms with Gasteiger partial charge in [0.25, 0.3) is 5.91 Å². The summed E-state index contributed by atoms with van der Waals surface area (Å²) in [6, 6.07) is 19.9. The van der Waals surface area contributed by atoms with E-state index in [1.54, 1.807) is 19.1 Å². The van der Waals surface area contributed by atoms with Crippen LogP contribution < -0.4 is 5.32 Å². The molecule has 3 aromatic rings. The van der Waals surface area contributed by atoms with Crippen molar-refractivity contribution < 1.29 is 18.0 Å². The van der Waals surface area contributed by atoms with E-state index >= 15 is 0 Å². The molecule has 0 bridgehead atoms. The smallest absolute Gasteiger partial charge is 0.319 e. The molecule has 1 atom stereocenters. The van der Waals surface area contributed by atoms with Crippen LogP contribution >= 0.6 is 0 Å². The predicted octanol–water partition coefficient (Wildman–Crippen LogP) is 2.88. The van der Waals surface area contributed by atoms with Gasteiger partial charge >= 0.3 is 6.03 Å². The zero-order valence-corrected chi connectivity index (χ0v) is 20.6. The maximum absolute atomic E-state index is 13.2. The third-order valence-electron chi connectivity index (χ3n) is 6.94. The monoisotopic (exact) mass is 492 g/mol. The zero-order valence-electron chi connectivity index (χ0n) is 19.8. The van der Waals surface area contributed by atoms with Gasteiger partial charge in [0.15, 0.2) is 0 Å². The standard InChI is InChI=1S/C26H28N4O4S/c1-19-7-10-22(11-8-19)26(2)24(31)30(25(32)27-26)18-28-13-15-29(16-14-28)35(33,34)23-12-9-20-5-3-4-6-21(20)17-23/h3-12,17H,13-16,18H2,1-2H3,(H,27,32)/t26-/m0/s1. The van der Waals surface area contributed by atoms with Crippen LogP contribution in [0.1, 0.15) is 18.1 Å². The van der Waals surface area contributed by atoms with E-state index in [2.05, 4.69) is 5.32 Å². The van der Waals surface area contributed by atoms with Crippen LogP contribution in [0.3, 0.4) is 0 Å². The van der Waals surface area contributed by atoms with Crippen molar-refractivity contribution in [1.82, 2.24) is 19.4 Å². The van der Waals surface area contributed by atoms with Crippen molar-refractivity contribution in [3.05, 3.63) is 77.9 Å². The van der Waals surface area contributed by atoms with E-state index in [0.29, 0.717) is 13.1 Å². The third kappa shape index (κ3) is 4.20. The van der Waals surface area contributed by atoms with Gasteiger partial charge in [0.05, 0.1) is 11.6 Å². The molecule has 0 aromatic heterocycles. The van der Waals surface area contributed by atoms with Gasteiger partial charge in [-0.2, -0.15) is 4.31 Å². The molecule has 2 saturated heterocycles. The summed E-state index contributed by atoms with van der Waals surface area (Å²) in [5, 5.41) is 4.69. The molecular weight excluding hydrogens is 464 g/mol. The van der Waals surface area contributed by atoms with Gasteiger partial charge in [0, 0.05) is 26.2 Å². The van der Waals surface area contributed by atoms with Crippen LogP contribution in [0.2, 0.25) is 0 Å². The Morgan fingerprint density at radius 1 is 0.886 bits per heavy atom. The fraction of sp³-hybridized carbons (Fsp3) is 0.308. The first-order chi connectivity index (χ1) is 16.7. The average molecular weight is 493 g/mol. The number of imide groups is 1. The van der Waals surface area contributed by atoms with Crippen molar-refractivity contribution in [2.24, 2.45) is 0 Å². The van der Waals surface area contributed by atoms with Gasteiger partial charge in [-0.1, -0.05) is 60.2 Å². The van der Waals surface area contributed by atoms with Crippen LogP contribution in [0.5, 0.6) is 0 Å². The van der Waals surface area contributed by atoms with Gasteiger partial charge in [0.2, 0.25) is 10.0 Å². The number of benzene rings is 3. The summed E-state index contributed by atoms with van der Waals surface area (Å²) in [5.74, 6) is -0.308. The van der Waals surface area contributed by atoms with E-state index in [-0.39, 0.29) is 30.6 Å². The number of carbonyl (C=O) groups is 2. The predicted molar refractivity (Wildman–Crippen MR) is 133 cm³/mol. The van der Waals surface area contributed by atoms with E-state index in [4.69, 9.17) is 0 Å². The number of amides is 3. The number of piperazine rings is 1. The maximum Gasteiger partial charge on any atom is 0.326 e. The van der Waals surface area contributed by atoms with Gasteiger partial charge < -0.3 is 5.32 Å². The van der Waals surface area contributed by atoms with Crippen LogP contribution in [0, 0.1) is 6.92 Å². The maximum atomic E-state index is 13.2. The molecule has 2 heterocycles. The number of carbonyl (C=O) groups excluding carboxylic acids is 2. The molecule has 2 aliphatic heterocycles. The minimum absolute atomic E-state index is 0.121. The first-order valence-corrected chi connectivity index (χ1v) is 13.0. The largest absolute Gasteiger partial charge is 0.326 e. The van der Waals surface area contributed by atoms with Crippen LogP contribution in [0.15, 0.2) is 71.6 Å². The lowest BCUT2D eigenvalue weighted by molar-refractivity contribution is -0.132. The highest BCUT2D eigenvalue weighted by Crippen LogP contribution is 2.29. The summed E-state index contributed by atoms with van der Waals surface area (Å²) in [7, 11) is -3.64. The molecule has 2 fully saturated rings. The summed E-state index contributed by atoms with van der Waals surface area (Å²) in [6.07, 6.45) is 0. The Balaban J connectivity index is 1.25. The first kappa shape index (κ1) is 23.5. The first-order valence-electron chi connectivity index (χ1n) is 11.6. The number of fused-ring (bicyclic) bond motifs is 1. The quantitative estimate of drug-likeness (QED) is 0.553. The number of urea groups is 1. The molecule has 0 spiro atoms. The SMILES string of the molecule is Cc1ccc([C@]2(C)NC(=O)N(CN3CCN(S(=O)(=O)c4ccc5ccccc5c4)CC3)C2=O)cc1. The highest BCUT2D eigenvalue weighted by atomic mass is 32.2. The number of nitrogens with one attached hydrogen (secondary N) is 1. The second kappa shape index (κ2) is 8.75. The molecule has 1 N–H and O–H groups in total. The van der Waals surface area contributed by atoms with Crippen molar-refractivity contribution in [2.45, 2.75) is 24.3 Å². The summed E-state index contributed by atoms with van der Waals surface area (Å²) in [5.41, 5.74) is 0.684. The van der Waals surface area contributed by atoms with Gasteiger partial charge in [0.1, 0.15) is 5.54 Å². The molecule has 182 valence electrons.